The maximum atomic E-state index is 13.4. The molecule has 0 aliphatic rings. The Morgan fingerprint density at radius 1 is 0.714 bits per heavy atom. The van der Waals surface area contributed by atoms with Gasteiger partial charge in [-0.3, -0.25) is 19.2 Å². The third kappa shape index (κ3) is 9.50. The summed E-state index contributed by atoms with van der Waals surface area (Å²) in [6.07, 6.45) is -9.53. The minimum atomic E-state index is -5.03. The molecule has 220 valence electrons. The van der Waals surface area contributed by atoms with Gasteiger partial charge in [0.1, 0.15) is 11.5 Å². The summed E-state index contributed by atoms with van der Waals surface area (Å²) >= 11 is 0. The number of benzene rings is 3. The van der Waals surface area contributed by atoms with Crippen molar-refractivity contribution < 1.29 is 60.1 Å². The molecule has 2 N–H and O–H groups in total. The number of halogens is 6. The van der Waals surface area contributed by atoms with Gasteiger partial charge in [-0.15, -0.1) is 26.3 Å². The van der Waals surface area contributed by atoms with Crippen LogP contribution in [0.25, 0.3) is 5.57 Å². The first-order chi connectivity index (χ1) is 19.6. The lowest BCUT2D eigenvalue weighted by Gasteiger charge is -2.12. The largest absolute Gasteiger partial charge is 0.573 e. The van der Waals surface area contributed by atoms with Crippen LogP contribution in [0.4, 0.5) is 26.3 Å². The van der Waals surface area contributed by atoms with E-state index in [2.05, 4.69) is 14.8 Å². The quantitative estimate of drug-likeness (QED) is 0.163. The summed E-state index contributed by atoms with van der Waals surface area (Å²) < 4.78 is 83.2. The van der Waals surface area contributed by atoms with Crippen LogP contribution in [-0.2, 0) is 4.79 Å². The first kappa shape index (κ1) is 31.4. The van der Waals surface area contributed by atoms with E-state index < -0.39 is 47.7 Å². The SMILES string of the molecule is O=C(O)CCNC(=O)c1ccc(C(=O)/C(=C/C(=O)c2cccc(OC(F)(F)F)c2)c2ccc(OC(F)(F)F)cc2)cc1. The van der Waals surface area contributed by atoms with E-state index in [0.717, 1.165) is 48.5 Å². The van der Waals surface area contributed by atoms with Crippen LogP contribution in [-0.4, -0.2) is 47.8 Å². The summed E-state index contributed by atoms with van der Waals surface area (Å²) in [6.45, 7) is -0.146. The molecule has 0 fully saturated rings. The Labute approximate surface area is 233 Å². The van der Waals surface area contributed by atoms with Crippen molar-refractivity contribution in [2.75, 3.05) is 6.54 Å². The van der Waals surface area contributed by atoms with Crippen LogP contribution < -0.4 is 14.8 Å². The van der Waals surface area contributed by atoms with Crippen molar-refractivity contribution in [3.05, 3.63) is 101 Å². The van der Waals surface area contributed by atoms with Crippen LogP contribution in [0.15, 0.2) is 78.9 Å². The molecule has 0 unspecified atom stereocenters. The molecular formula is C28H19F6NO7. The topological polar surface area (TPSA) is 119 Å². The van der Waals surface area contributed by atoms with Crippen molar-refractivity contribution in [3.8, 4) is 11.5 Å². The number of hydrogen-bond acceptors (Lipinski definition) is 6. The molecule has 0 bridgehead atoms. The second kappa shape index (κ2) is 13.0. The number of carboxylic acid groups (broad SMARTS) is 1. The van der Waals surface area contributed by atoms with Crippen molar-refractivity contribution in [1.82, 2.24) is 5.32 Å². The highest BCUT2D eigenvalue weighted by molar-refractivity contribution is 6.32. The number of carbonyl (C=O) groups is 4. The minimum absolute atomic E-state index is 0.0268. The Kier molecular flexibility index (Phi) is 9.73. The van der Waals surface area contributed by atoms with Gasteiger partial charge in [0.25, 0.3) is 5.91 Å². The molecule has 0 aromatic heterocycles. The number of nitrogens with one attached hydrogen (secondary N) is 1. The standard InChI is InChI=1S/C28H19F6NO7/c29-27(30,31)41-20-10-8-16(9-11-20)22(15-23(36)19-2-1-3-21(14-19)42-28(32,33)34)25(39)17-4-6-18(7-5-17)26(40)35-13-12-24(37)38/h1-11,14-15H,12-13H2,(H,35,40)(H,37,38)/b22-15+. The predicted octanol–water partition coefficient (Wildman–Crippen LogP) is 5.84. The smallest absolute Gasteiger partial charge is 0.481 e. The number of ketones is 2. The van der Waals surface area contributed by atoms with E-state index in [1.807, 2.05) is 0 Å². The lowest BCUT2D eigenvalue weighted by molar-refractivity contribution is -0.275. The summed E-state index contributed by atoms with van der Waals surface area (Å²) in [5, 5.41) is 11.1. The van der Waals surface area contributed by atoms with Gasteiger partial charge in [-0.1, -0.05) is 36.4 Å². The molecule has 0 atom stereocenters. The number of ether oxygens (including phenoxy) is 2. The average Bonchev–Trinajstić information content (AvgIpc) is 2.90. The maximum absolute atomic E-state index is 13.4. The molecule has 0 spiro atoms. The van der Waals surface area contributed by atoms with Crippen LogP contribution in [0.2, 0.25) is 0 Å². The zero-order chi connectivity index (χ0) is 31.1. The van der Waals surface area contributed by atoms with Crippen molar-refractivity contribution in [2.45, 2.75) is 19.1 Å². The first-order valence-corrected chi connectivity index (χ1v) is 11.7. The zero-order valence-corrected chi connectivity index (χ0v) is 21.1. The highest BCUT2D eigenvalue weighted by Gasteiger charge is 2.32. The molecule has 0 aliphatic carbocycles. The molecule has 3 rings (SSSR count). The number of alkyl halides is 6. The second-order valence-corrected chi connectivity index (χ2v) is 8.38. The van der Waals surface area contributed by atoms with Crippen LogP contribution in [0.1, 0.15) is 43.1 Å². The Bertz CT molecular complexity index is 1490. The summed E-state index contributed by atoms with van der Waals surface area (Å²) in [6, 6.07) is 12.9. The van der Waals surface area contributed by atoms with Crippen LogP contribution >= 0.6 is 0 Å². The predicted molar refractivity (Wildman–Crippen MR) is 134 cm³/mol. The Morgan fingerprint density at radius 2 is 1.26 bits per heavy atom. The van der Waals surface area contributed by atoms with E-state index in [4.69, 9.17) is 5.11 Å². The summed E-state index contributed by atoms with van der Waals surface area (Å²) in [7, 11) is 0. The lowest BCUT2D eigenvalue weighted by Crippen LogP contribution is -2.26. The van der Waals surface area contributed by atoms with Gasteiger partial charge in [0.15, 0.2) is 11.6 Å². The molecule has 1 amide bonds. The van der Waals surface area contributed by atoms with E-state index in [1.54, 1.807) is 0 Å². The number of Topliss-reactive ketones (excluding diaryl/α,β-unsaturated/α-hetero) is 1. The maximum Gasteiger partial charge on any atom is 0.573 e. The number of hydrogen-bond donors (Lipinski definition) is 2. The minimum Gasteiger partial charge on any atom is -0.481 e. The van der Waals surface area contributed by atoms with Crippen LogP contribution in [0.3, 0.4) is 0 Å². The average molecular weight is 595 g/mol. The number of carboxylic acids is 1. The molecule has 8 nitrogen and oxygen atoms in total. The number of amides is 1. The summed E-state index contributed by atoms with van der Waals surface area (Å²) in [5.74, 6) is -4.78. The van der Waals surface area contributed by atoms with Gasteiger partial charge in [-0.05, 0) is 48.0 Å². The van der Waals surface area contributed by atoms with Crippen molar-refractivity contribution in [3.63, 3.8) is 0 Å². The van der Waals surface area contributed by atoms with E-state index in [0.29, 0.717) is 0 Å². The normalized spacial score (nSPS) is 11.9. The summed E-state index contributed by atoms with van der Waals surface area (Å²) in [5.41, 5.74) is -0.623. The van der Waals surface area contributed by atoms with Gasteiger partial charge >= 0.3 is 18.7 Å². The van der Waals surface area contributed by atoms with Crippen molar-refractivity contribution in [1.29, 1.82) is 0 Å². The number of carbonyl (C=O) groups excluding carboxylic acids is 3. The molecule has 0 saturated heterocycles. The highest BCUT2D eigenvalue weighted by Crippen LogP contribution is 2.28. The number of allylic oxidation sites excluding steroid dienone is 2. The fourth-order valence-electron chi connectivity index (χ4n) is 3.49. The fraction of sp³-hybridized carbons (Fsp3) is 0.143. The van der Waals surface area contributed by atoms with E-state index >= 15 is 0 Å². The fourth-order valence-corrected chi connectivity index (χ4v) is 3.49. The first-order valence-electron chi connectivity index (χ1n) is 11.7. The van der Waals surface area contributed by atoms with Crippen molar-refractivity contribution >= 4 is 29.0 Å². The third-order valence-corrected chi connectivity index (χ3v) is 5.30. The van der Waals surface area contributed by atoms with E-state index in [9.17, 15) is 45.5 Å². The molecule has 3 aromatic carbocycles. The van der Waals surface area contributed by atoms with Gasteiger partial charge < -0.3 is 19.9 Å². The second-order valence-electron chi connectivity index (χ2n) is 8.38. The molecule has 14 heteroatoms. The van der Waals surface area contributed by atoms with Gasteiger partial charge in [0.05, 0.1) is 6.42 Å². The van der Waals surface area contributed by atoms with Gasteiger partial charge in [0, 0.05) is 28.8 Å². The van der Waals surface area contributed by atoms with Crippen LogP contribution in [0.5, 0.6) is 11.5 Å². The van der Waals surface area contributed by atoms with Crippen molar-refractivity contribution in [2.24, 2.45) is 0 Å². The molecule has 0 heterocycles. The lowest BCUT2D eigenvalue weighted by atomic mass is 9.94. The Hall–Kier alpha value is -5.14. The molecular weight excluding hydrogens is 576 g/mol. The van der Waals surface area contributed by atoms with Gasteiger partial charge in [-0.2, -0.15) is 0 Å². The van der Waals surface area contributed by atoms with Gasteiger partial charge in [0.2, 0.25) is 0 Å². The highest BCUT2D eigenvalue weighted by atomic mass is 19.4. The molecule has 0 aliphatic heterocycles. The molecule has 0 saturated carbocycles. The Morgan fingerprint density at radius 3 is 1.83 bits per heavy atom. The van der Waals surface area contributed by atoms with Gasteiger partial charge in [-0.25, -0.2) is 0 Å². The molecule has 3 aromatic rings. The van der Waals surface area contributed by atoms with E-state index in [-0.39, 0.29) is 40.8 Å². The number of rotatable bonds is 11. The summed E-state index contributed by atoms with van der Waals surface area (Å²) in [4.78, 5) is 49.2. The van der Waals surface area contributed by atoms with E-state index in [1.165, 1.54) is 30.3 Å². The molecule has 42 heavy (non-hydrogen) atoms. The molecule has 0 radical (unpaired) electrons. The third-order valence-electron chi connectivity index (χ3n) is 5.30. The van der Waals surface area contributed by atoms with Crippen LogP contribution in [0, 0.1) is 0 Å². The Balaban J connectivity index is 1.95. The number of aliphatic carboxylic acids is 1. The zero-order valence-electron chi connectivity index (χ0n) is 21.1. The monoisotopic (exact) mass is 595 g/mol.